The summed E-state index contributed by atoms with van der Waals surface area (Å²) in [4.78, 5) is 24.8. The highest BCUT2D eigenvalue weighted by Crippen LogP contribution is 2.08. The molecule has 0 bridgehead atoms. The SMILES string of the molecule is CC(=O)C1CN(C(=O)c2ccco2)CCN1. The Kier molecular flexibility index (Phi) is 3.05. The summed E-state index contributed by atoms with van der Waals surface area (Å²) in [6, 6.07) is 3.05. The van der Waals surface area contributed by atoms with E-state index in [2.05, 4.69) is 5.32 Å². The highest BCUT2D eigenvalue weighted by molar-refractivity contribution is 5.92. The third-order valence-corrected chi connectivity index (χ3v) is 2.69. The number of hydrogen-bond donors (Lipinski definition) is 1. The molecule has 0 aromatic carbocycles. The molecule has 1 atom stereocenters. The Morgan fingerprint density at radius 3 is 3.00 bits per heavy atom. The summed E-state index contributed by atoms with van der Waals surface area (Å²) in [5.41, 5.74) is 0. The summed E-state index contributed by atoms with van der Waals surface area (Å²) in [5.74, 6) is 0.221. The molecule has 0 radical (unpaired) electrons. The lowest BCUT2D eigenvalue weighted by atomic mass is 10.1. The molecule has 86 valence electrons. The number of nitrogens with zero attached hydrogens (tertiary/aromatic N) is 1. The first-order valence-corrected chi connectivity index (χ1v) is 5.25. The molecule has 1 aliphatic rings. The Balaban J connectivity index is 2.05. The van der Waals surface area contributed by atoms with Crippen LogP contribution in [0.4, 0.5) is 0 Å². The maximum Gasteiger partial charge on any atom is 0.289 e. The molecule has 1 N–H and O–H groups in total. The van der Waals surface area contributed by atoms with Gasteiger partial charge < -0.3 is 14.6 Å². The summed E-state index contributed by atoms with van der Waals surface area (Å²) < 4.78 is 5.05. The number of piperazine rings is 1. The third kappa shape index (κ3) is 2.14. The molecule has 5 nitrogen and oxygen atoms in total. The molecule has 0 aliphatic carbocycles. The average molecular weight is 222 g/mol. The van der Waals surface area contributed by atoms with Crippen LogP contribution in [0.15, 0.2) is 22.8 Å². The Labute approximate surface area is 93.4 Å². The lowest BCUT2D eigenvalue weighted by molar-refractivity contribution is -0.119. The minimum absolute atomic E-state index is 0.0527. The number of rotatable bonds is 2. The lowest BCUT2D eigenvalue weighted by Crippen LogP contribution is -2.55. The smallest absolute Gasteiger partial charge is 0.289 e. The first kappa shape index (κ1) is 10.9. The Morgan fingerprint density at radius 1 is 1.56 bits per heavy atom. The van der Waals surface area contributed by atoms with Crippen LogP contribution >= 0.6 is 0 Å². The first-order valence-electron chi connectivity index (χ1n) is 5.25. The lowest BCUT2D eigenvalue weighted by Gasteiger charge is -2.31. The van der Waals surface area contributed by atoms with Crippen molar-refractivity contribution < 1.29 is 14.0 Å². The quantitative estimate of drug-likeness (QED) is 0.780. The molecular formula is C11H14N2O3. The molecule has 1 aromatic heterocycles. The molecule has 2 heterocycles. The van der Waals surface area contributed by atoms with Crippen LogP contribution in [0.2, 0.25) is 0 Å². The van der Waals surface area contributed by atoms with E-state index in [1.165, 1.54) is 13.2 Å². The fourth-order valence-electron chi connectivity index (χ4n) is 1.76. The standard InChI is InChI=1S/C11H14N2O3/c1-8(14)9-7-13(5-4-12-9)11(15)10-3-2-6-16-10/h2-3,6,9,12H,4-5,7H2,1H3. The molecule has 1 fully saturated rings. The number of nitrogens with one attached hydrogen (secondary N) is 1. The highest BCUT2D eigenvalue weighted by Gasteiger charge is 2.27. The molecule has 1 aliphatic heterocycles. The molecule has 2 rings (SSSR count). The Hall–Kier alpha value is -1.62. The molecule has 1 unspecified atom stereocenters. The van der Waals surface area contributed by atoms with Crippen molar-refractivity contribution in [2.75, 3.05) is 19.6 Å². The van der Waals surface area contributed by atoms with Crippen molar-refractivity contribution in [1.82, 2.24) is 10.2 Å². The van der Waals surface area contributed by atoms with Crippen LogP contribution in [0.25, 0.3) is 0 Å². The van der Waals surface area contributed by atoms with Crippen molar-refractivity contribution in [2.24, 2.45) is 0 Å². The van der Waals surface area contributed by atoms with E-state index < -0.39 is 0 Å². The van der Waals surface area contributed by atoms with Gasteiger partial charge in [0.2, 0.25) is 0 Å². The van der Waals surface area contributed by atoms with Crippen molar-refractivity contribution in [3.63, 3.8) is 0 Å². The number of carbonyl (C=O) groups is 2. The van der Waals surface area contributed by atoms with E-state index in [0.717, 1.165) is 0 Å². The molecule has 5 heteroatoms. The number of furan rings is 1. The van der Waals surface area contributed by atoms with Gasteiger partial charge in [0.15, 0.2) is 5.76 Å². The number of carbonyl (C=O) groups excluding carboxylic acids is 2. The Bertz CT molecular complexity index is 386. The number of Topliss-reactive ketones (excluding diaryl/α,β-unsaturated/α-hetero) is 1. The highest BCUT2D eigenvalue weighted by atomic mass is 16.3. The van der Waals surface area contributed by atoms with Gasteiger partial charge in [-0.1, -0.05) is 0 Å². The monoisotopic (exact) mass is 222 g/mol. The summed E-state index contributed by atoms with van der Waals surface area (Å²) >= 11 is 0. The Morgan fingerprint density at radius 2 is 2.38 bits per heavy atom. The molecule has 0 saturated carbocycles. The molecule has 1 saturated heterocycles. The van der Waals surface area contributed by atoms with Crippen LogP contribution in [-0.2, 0) is 4.79 Å². The fraction of sp³-hybridized carbons (Fsp3) is 0.455. The van der Waals surface area contributed by atoms with Gasteiger partial charge in [0.25, 0.3) is 5.91 Å². The minimum atomic E-state index is -0.257. The topological polar surface area (TPSA) is 62.6 Å². The van der Waals surface area contributed by atoms with Crippen molar-refractivity contribution in [3.05, 3.63) is 24.2 Å². The number of amides is 1. The predicted octanol–water partition coefficient (Wildman–Crippen LogP) is 0.283. The predicted molar refractivity (Wildman–Crippen MR) is 57.1 cm³/mol. The third-order valence-electron chi connectivity index (χ3n) is 2.69. The van der Waals surface area contributed by atoms with Gasteiger partial charge in [-0.2, -0.15) is 0 Å². The zero-order valence-electron chi connectivity index (χ0n) is 9.10. The van der Waals surface area contributed by atoms with Gasteiger partial charge in [0.05, 0.1) is 12.3 Å². The van der Waals surface area contributed by atoms with E-state index in [4.69, 9.17) is 4.42 Å². The van der Waals surface area contributed by atoms with E-state index in [1.54, 1.807) is 17.0 Å². The molecule has 16 heavy (non-hydrogen) atoms. The van der Waals surface area contributed by atoms with Crippen LogP contribution in [0.3, 0.4) is 0 Å². The van der Waals surface area contributed by atoms with Gasteiger partial charge in [-0.15, -0.1) is 0 Å². The zero-order valence-corrected chi connectivity index (χ0v) is 9.10. The van der Waals surface area contributed by atoms with Crippen LogP contribution < -0.4 is 5.32 Å². The summed E-state index contributed by atoms with van der Waals surface area (Å²) in [5, 5.41) is 3.07. The van der Waals surface area contributed by atoms with Gasteiger partial charge in [-0.05, 0) is 19.1 Å². The van der Waals surface area contributed by atoms with Gasteiger partial charge in [-0.25, -0.2) is 0 Å². The second kappa shape index (κ2) is 4.49. The largest absolute Gasteiger partial charge is 0.459 e. The normalized spacial score (nSPS) is 20.8. The zero-order chi connectivity index (χ0) is 11.5. The van der Waals surface area contributed by atoms with Gasteiger partial charge in [-0.3, -0.25) is 9.59 Å². The van der Waals surface area contributed by atoms with Crippen molar-refractivity contribution in [1.29, 1.82) is 0 Å². The van der Waals surface area contributed by atoms with Gasteiger partial charge in [0.1, 0.15) is 5.78 Å². The maximum atomic E-state index is 11.9. The number of ketones is 1. The van der Waals surface area contributed by atoms with Gasteiger partial charge >= 0.3 is 0 Å². The second-order valence-corrected chi connectivity index (χ2v) is 3.85. The van der Waals surface area contributed by atoms with Gasteiger partial charge in [0, 0.05) is 19.6 Å². The minimum Gasteiger partial charge on any atom is -0.459 e. The van der Waals surface area contributed by atoms with E-state index >= 15 is 0 Å². The van der Waals surface area contributed by atoms with Crippen molar-refractivity contribution in [3.8, 4) is 0 Å². The van der Waals surface area contributed by atoms with E-state index in [1.807, 2.05) is 0 Å². The van der Waals surface area contributed by atoms with E-state index in [-0.39, 0.29) is 17.7 Å². The first-order chi connectivity index (χ1) is 7.68. The van der Waals surface area contributed by atoms with E-state index in [0.29, 0.717) is 25.4 Å². The summed E-state index contributed by atoms with van der Waals surface area (Å²) in [6.45, 7) is 3.17. The van der Waals surface area contributed by atoms with E-state index in [9.17, 15) is 9.59 Å². The molecule has 0 spiro atoms. The number of hydrogen-bond acceptors (Lipinski definition) is 4. The van der Waals surface area contributed by atoms with Crippen molar-refractivity contribution in [2.45, 2.75) is 13.0 Å². The second-order valence-electron chi connectivity index (χ2n) is 3.85. The van der Waals surface area contributed by atoms with Crippen molar-refractivity contribution >= 4 is 11.7 Å². The van der Waals surface area contributed by atoms with Crippen LogP contribution in [-0.4, -0.2) is 42.3 Å². The van der Waals surface area contributed by atoms with Crippen LogP contribution in [0.1, 0.15) is 17.5 Å². The van der Waals surface area contributed by atoms with Crippen LogP contribution in [0.5, 0.6) is 0 Å². The molecular weight excluding hydrogens is 208 g/mol. The molecule has 1 aromatic rings. The molecule has 1 amide bonds. The summed E-state index contributed by atoms with van der Waals surface area (Å²) in [7, 11) is 0. The fourth-order valence-corrected chi connectivity index (χ4v) is 1.76. The summed E-state index contributed by atoms with van der Waals surface area (Å²) in [6.07, 6.45) is 1.47. The average Bonchev–Trinajstić information content (AvgIpc) is 2.81. The van der Waals surface area contributed by atoms with Crippen LogP contribution in [0, 0.1) is 0 Å². The maximum absolute atomic E-state index is 11.9.